The standard InChI is InChI=1S/C23H29N5O2/c1-23(2,3)30-22(29)28-20-11-10-17(13-16(20)14-25-28)26-18-7-6-12-27(15-18)21-9-5-4-8-19(21)24/h4-5,8-11,13-14,18,26H,6-7,12,15,24H2,1-3H3. The molecule has 158 valence electrons. The Labute approximate surface area is 176 Å². The lowest BCUT2D eigenvalue weighted by Gasteiger charge is -2.35. The van der Waals surface area contributed by atoms with Crippen LogP contribution in [0.15, 0.2) is 48.7 Å². The van der Waals surface area contributed by atoms with E-state index in [2.05, 4.69) is 21.4 Å². The van der Waals surface area contributed by atoms with Crippen molar-refractivity contribution in [3.8, 4) is 0 Å². The van der Waals surface area contributed by atoms with Crippen LogP contribution in [0.25, 0.3) is 10.9 Å². The molecule has 0 bridgehead atoms. The number of rotatable bonds is 3. The van der Waals surface area contributed by atoms with Gasteiger partial charge in [-0.1, -0.05) is 12.1 Å². The molecule has 0 aliphatic carbocycles. The summed E-state index contributed by atoms with van der Waals surface area (Å²) in [6.07, 6.45) is 3.42. The Kier molecular flexibility index (Phi) is 5.28. The van der Waals surface area contributed by atoms with Gasteiger partial charge in [-0.15, -0.1) is 0 Å². The fourth-order valence-corrected chi connectivity index (χ4v) is 3.90. The van der Waals surface area contributed by atoms with Crippen LogP contribution in [0.1, 0.15) is 33.6 Å². The third kappa shape index (κ3) is 4.35. The summed E-state index contributed by atoms with van der Waals surface area (Å²) in [5, 5.41) is 8.75. The SMILES string of the molecule is CC(C)(C)OC(=O)n1ncc2cc(NC3CCCN(c4ccccc4N)C3)ccc21. The van der Waals surface area contributed by atoms with Crippen LogP contribution in [0, 0.1) is 0 Å². The van der Waals surface area contributed by atoms with Crippen molar-refractivity contribution in [3.63, 3.8) is 0 Å². The van der Waals surface area contributed by atoms with Crippen LogP contribution in [0.4, 0.5) is 21.9 Å². The van der Waals surface area contributed by atoms with Crippen LogP contribution in [-0.4, -0.2) is 40.6 Å². The molecule has 1 aliphatic heterocycles. The van der Waals surface area contributed by atoms with Gasteiger partial charge in [0.15, 0.2) is 0 Å². The number of para-hydroxylation sites is 2. The topological polar surface area (TPSA) is 85.4 Å². The van der Waals surface area contributed by atoms with E-state index in [9.17, 15) is 4.79 Å². The van der Waals surface area contributed by atoms with Crippen molar-refractivity contribution in [3.05, 3.63) is 48.7 Å². The second-order valence-electron chi connectivity index (χ2n) is 8.80. The minimum absolute atomic E-state index is 0.316. The number of nitrogens with zero attached hydrogens (tertiary/aromatic N) is 3. The Bertz CT molecular complexity index is 1050. The first kappa shape index (κ1) is 20.1. The minimum Gasteiger partial charge on any atom is -0.442 e. The van der Waals surface area contributed by atoms with Crippen molar-refractivity contribution >= 4 is 34.1 Å². The van der Waals surface area contributed by atoms with E-state index >= 15 is 0 Å². The van der Waals surface area contributed by atoms with Crippen LogP contribution < -0.4 is 16.0 Å². The molecule has 0 spiro atoms. The first-order chi connectivity index (χ1) is 14.3. The first-order valence-corrected chi connectivity index (χ1v) is 10.4. The van der Waals surface area contributed by atoms with E-state index in [1.54, 1.807) is 6.20 Å². The maximum atomic E-state index is 12.4. The van der Waals surface area contributed by atoms with Crippen LogP contribution in [-0.2, 0) is 4.74 Å². The van der Waals surface area contributed by atoms with Gasteiger partial charge < -0.3 is 20.7 Å². The molecule has 7 heteroatoms. The zero-order chi connectivity index (χ0) is 21.3. The lowest BCUT2D eigenvalue weighted by atomic mass is 10.0. The number of piperidine rings is 1. The smallest absolute Gasteiger partial charge is 0.435 e. The fourth-order valence-electron chi connectivity index (χ4n) is 3.90. The van der Waals surface area contributed by atoms with Gasteiger partial charge in [0.25, 0.3) is 0 Å². The Morgan fingerprint density at radius 2 is 2.03 bits per heavy atom. The molecular formula is C23H29N5O2. The number of nitrogens with one attached hydrogen (secondary N) is 1. The Morgan fingerprint density at radius 3 is 2.80 bits per heavy atom. The Hall–Kier alpha value is -3.22. The molecule has 4 rings (SSSR count). The number of ether oxygens (including phenoxy) is 1. The van der Waals surface area contributed by atoms with Crippen molar-refractivity contribution in [2.75, 3.05) is 29.0 Å². The minimum atomic E-state index is -0.564. The molecule has 2 heterocycles. The van der Waals surface area contributed by atoms with Crippen molar-refractivity contribution in [1.29, 1.82) is 0 Å². The van der Waals surface area contributed by atoms with E-state index in [1.807, 2.05) is 57.2 Å². The predicted molar refractivity (Wildman–Crippen MR) is 121 cm³/mol. The van der Waals surface area contributed by atoms with E-state index in [4.69, 9.17) is 10.5 Å². The summed E-state index contributed by atoms with van der Waals surface area (Å²) in [6.45, 7) is 7.43. The summed E-state index contributed by atoms with van der Waals surface area (Å²) in [4.78, 5) is 14.7. The Morgan fingerprint density at radius 1 is 1.23 bits per heavy atom. The quantitative estimate of drug-likeness (QED) is 0.623. The lowest BCUT2D eigenvalue weighted by Crippen LogP contribution is -2.42. The predicted octanol–water partition coefficient (Wildman–Crippen LogP) is 4.48. The molecule has 1 saturated heterocycles. The number of nitrogens with two attached hydrogens (primary N) is 1. The van der Waals surface area contributed by atoms with E-state index in [1.165, 1.54) is 4.68 Å². The van der Waals surface area contributed by atoms with E-state index in [0.29, 0.717) is 6.04 Å². The summed E-state index contributed by atoms with van der Waals surface area (Å²) >= 11 is 0. The van der Waals surface area contributed by atoms with Gasteiger partial charge in [-0.2, -0.15) is 9.78 Å². The third-order valence-electron chi connectivity index (χ3n) is 5.20. The normalized spacial score (nSPS) is 17.2. The molecule has 1 aromatic heterocycles. The largest absolute Gasteiger partial charge is 0.442 e. The van der Waals surface area contributed by atoms with E-state index in [0.717, 1.165) is 53.9 Å². The molecule has 1 unspecified atom stereocenters. The number of benzene rings is 2. The lowest BCUT2D eigenvalue weighted by molar-refractivity contribution is 0.0522. The number of aromatic nitrogens is 2. The van der Waals surface area contributed by atoms with Crippen molar-refractivity contribution in [1.82, 2.24) is 9.78 Å². The highest BCUT2D eigenvalue weighted by Crippen LogP contribution is 2.27. The zero-order valence-corrected chi connectivity index (χ0v) is 17.8. The van der Waals surface area contributed by atoms with E-state index < -0.39 is 11.7 Å². The van der Waals surface area contributed by atoms with Crippen LogP contribution in [0.5, 0.6) is 0 Å². The number of anilines is 3. The van der Waals surface area contributed by atoms with Gasteiger partial charge in [0.2, 0.25) is 0 Å². The molecule has 3 N–H and O–H groups in total. The summed E-state index contributed by atoms with van der Waals surface area (Å²) in [5.74, 6) is 0. The molecule has 0 saturated carbocycles. The number of hydrogen-bond donors (Lipinski definition) is 2. The fraction of sp³-hybridized carbons (Fsp3) is 0.391. The van der Waals surface area contributed by atoms with Gasteiger partial charge in [-0.25, -0.2) is 4.79 Å². The highest BCUT2D eigenvalue weighted by atomic mass is 16.6. The molecule has 30 heavy (non-hydrogen) atoms. The molecule has 3 aromatic rings. The van der Waals surface area contributed by atoms with Gasteiger partial charge in [-0.05, 0) is 63.9 Å². The van der Waals surface area contributed by atoms with Crippen molar-refractivity contribution in [2.45, 2.75) is 45.3 Å². The molecule has 1 fully saturated rings. The highest BCUT2D eigenvalue weighted by molar-refractivity contribution is 5.89. The Balaban J connectivity index is 1.48. The van der Waals surface area contributed by atoms with Crippen LogP contribution >= 0.6 is 0 Å². The number of fused-ring (bicyclic) bond motifs is 1. The summed E-state index contributed by atoms with van der Waals surface area (Å²) in [6, 6.07) is 14.3. The summed E-state index contributed by atoms with van der Waals surface area (Å²) < 4.78 is 6.75. The maximum absolute atomic E-state index is 12.4. The summed E-state index contributed by atoms with van der Waals surface area (Å²) in [7, 11) is 0. The van der Waals surface area contributed by atoms with Crippen LogP contribution in [0.3, 0.4) is 0 Å². The maximum Gasteiger partial charge on any atom is 0.435 e. The number of carbonyl (C=O) groups is 1. The highest BCUT2D eigenvalue weighted by Gasteiger charge is 2.22. The molecule has 0 amide bonds. The molecule has 7 nitrogen and oxygen atoms in total. The van der Waals surface area contributed by atoms with Crippen molar-refractivity contribution < 1.29 is 9.53 Å². The van der Waals surface area contributed by atoms with Gasteiger partial charge in [0, 0.05) is 30.2 Å². The van der Waals surface area contributed by atoms with Crippen LogP contribution in [0.2, 0.25) is 0 Å². The monoisotopic (exact) mass is 407 g/mol. The second kappa shape index (κ2) is 7.89. The molecular weight excluding hydrogens is 378 g/mol. The van der Waals surface area contributed by atoms with Gasteiger partial charge in [0.1, 0.15) is 5.60 Å². The van der Waals surface area contributed by atoms with Crippen molar-refractivity contribution in [2.24, 2.45) is 0 Å². The number of nitrogen functional groups attached to an aromatic ring is 1. The molecule has 2 aromatic carbocycles. The van der Waals surface area contributed by atoms with Gasteiger partial charge in [0.05, 0.1) is 23.1 Å². The third-order valence-corrected chi connectivity index (χ3v) is 5.20. The van der Waals surface area contributed by atoms with E-state index in [-0.39, 0.29) is 0 Å². The number of hydrogen-bond acceptors (Lipinski definition) is 6. The average Bonchev–Trinajstić information content (AvgIpc) is 3.11. The molecule has 1 aliphatic rings. The molecule has 0 radical (unpaired) electrons. The first-order valence-electron chi connectivity index (χ1n) is 10.4. The van der Waals surface area contributed by atoms with Gasteiger partial charge >= 0.3 is 6.09 Å². The second-order valence-corrected chi connectivity index (χ2v) is 8.80. The number of carbonyl (C=O) groups excluding carboxylic acids is 1. The van der Waals surface area contributed by atoms with Gasteiger partial charge in [-0.3, -0.25) is 0 Å². The zero-order valence-electron chi connectivity index (χ0n) is 17.8. The molecule has 1 atom stereocenters. The average molecular weight is 408 g/mol. The summed E-state index contributed by atoms with van der Waals surface area (Å²) in [5.41, 5.74) is 9.26.